The van der Waals surface area contributed by atoms with E-state index in [1.54, 1.807) is 6.08 Å². The highest BCUT2D eigenvalue weighted by atomic mass is 16.5. The number of aromatic nitrogens is 2. The van der Waals surface area contributed by atoms with Crippen molar-refractivity contribution in [3.8, 4) is 5.75 Å². The number of fused-ring (bicyclic) bond motifs is 1. The maximum atomic E-state index is 12.5. The number of imidazole rings is 1. The van der Waals surface area contributed by atoms with E-state index in [1.807, 2.05) is 79.7 Å². The van der Waals surface area contributed by atoms with Crippen LogP contribution in [0, 0.1) is 13.8 Å². The van der Waals surface area contributed by atoms with Gasteiger partial charge in [-0.2, -0.15) is 0 Å². The van der Waals surface area contributed by atoms with E-state index >= 15 is 0 Å². The van der Waals surface area contributed by atoms with Crippen molar-refractivity contribution in [2.45, 2.75) is 33.4 Å². The summed E-state index contributed by atoms with van der Waals surface area (Å²) in [6, 6.07) is 23.6. The fourth-order valence-electron chi connectivity index (χ4n) is 3.85. The molecule has 1 atom stereocenters. The quantitative estimate of drug-likeness (QED) is 0.362. The lowest BCUT2D eigenvalue weighted by Gasteiger charge is -2.17. The standard InChI is InChI=1S/C28H29N3O2/c1-20-10-9-15-26(21(20)2)33-19-18-31-25-14-8-7-13-24(25)30-28(31)22(3)29-27(32)17-16-23-11-5-4-6-12-23/h4-17,22H,18-19H2,1-3H3,(H,29,32)/b17-16-. The summed E-state index contributed by atoms with van der Waals surface area (Å²) in [5.74, 6) is 1.55. The van der Waals surface area contributed by atoms with Crippen LogP contribution in [0.5, 0.6) is 5.75 Å². The van der Waals surface area contributed by atoms with Crippen molar-refractivity contribution in [2.75, 3.05) is 6.61 Å². The molecule has 1 aromatic heterocycles. The van der Waals surface area contributed by atoms with E-state index in [0.29, 0.717) is 13.2 Å². The van der Waals surface area contributed by atoms with Gasteiger partial charge in [-0.1, -0.05) is 54.6 Å². The molecule has 3 aromatic carbocycles. The zero-order valence-corrected chi connectivity index (χ0v) is 19.3. The highest BCUT2D eigenvalue weighted by Gasteiger charge is 2.18. The minimum absolute atomic E-state index is 0.156. The molecule has 33 heavy (non-hydrogen) atoms. The second-order valence-electron chi connectivity index (χ2n) is 8.13. The molecule has 0 spiro atoms. The van der Waals surface area contributed by atoms with Gasteiger partial charge in [0, 0.05) is 6.08 Å². The molecular formula is C28H29N3O2. The average molecular weight is 440 g/mol. The van der Waals surface area contributed by atoms with Gasteiger partial charge in [0.2, 0.25) is 5.91 Å². The molecular weight excluding hydrogens is 410 g/mol. The Balaban J connectivity index is 1.50. The number of hydrogen-bond donors (Lipinski definition) is 1. The maximum Gasteiger partial charge on any atom is 0.244 e. The van der Waals surface area contributed by atoms with Crippen molar-refractivity contribution in [3.63, 3.8) is 0 Å². The number of hydrogen-bond acceptors (Lipinski definition) is 3. The predicted octanol–water partition coefficient (Wildman–Crippen LogP) is 5.62. The molecule has 5 nitrogen and oxygen atoms in total. The lowest BCUT2D eigenvalue weighted by atomic mass is 10.1. The van der Waals surface area contributed by atoms with Gasteiger partial charge in [-0.3, -0.25) is 4.79 Å². The number of rotatable bonds is 8. The highest BCUT2D eigenvalue weighted by molar-refractivity contribution is 5.92. The second-order valence-corrected chi connectivity index (χ2v) is 8.13. The Hall–Kier alpha value is -3.86. The first-order valence-corrected chi connectivity index (χ1v) is 11.2. The van der Waals surface area contributed by atoms with Crippen LogP contribution in [0.3, 0.4) is 0 Å². The molecule has 0 radical (unpaired) electrons. The zero-order valence-electron chi connectivity index (χ0n) is 19.3. The molecule has 0 fully saturated rings. The third-order valence-corrected chi connectivity index (χ3v) is 5.78. The highest BCUT2D eigenvalue weighted by Crippen LogP contribution is 2.23. The zero-order chi connectivity index (χ0) is 23.2. The Kier molecular flexibility index (Phi) is 6.89. The van der Waals surface area contributed by atoms with E-state index in [2.05, 4.69) is 29.8 Å². The van der Waals surface area contributed by atoms with E-state index in [4.69, 9.17) is 9.72 Å². The van der Waals surface area contributed by atoms with Crippen LogP contribution in [0.4, 0.5) is 0 Å². The number of aryl methyl sites for hydroxylation is 1. The fraction of sp³-hybridized carbons (Fsp3) is 0.214. The minimum Gasteiger partial charge on any atom is -0.491 e. The fourth-order valence-corrected chi connectivity index (χ4v) is 3.85. The van der Waals surface area contributed by atoms with Gasteiger partial charge in [-0.05, 0) is 61.7 Å². The number of ether oxygens (including phenoxy) is 1. The molecule has 0 saturated heterocycles. The number of benzene rings is 3. The number of para-hydroxylation sites is 2. The van der Waals surface area contributed by atoms with E-state index in [-0.39, 0.29) is 11.9 Å². The smallest absolute Gasteiger partial charge is 0.244 e. The topological polar surface area (TPSA) is 56.1 Å². The Morgan fingerprint density at radius 1 is 1.03 bits per heavy atom. The summed E-state index contributed by atoms with van der Waals surface area (Å²) in [7, 11) is 0. The van der Waals surface area contributed by atoms with Crippen molar-refractivity contribution in [3.05, 3.63) is 101 Å². The summed E-state index contributed by atoms with van der Waals surface area (Å²) in [5, 5.41) is 3.04. The Bertz CT molecular complexity index is 1280. The van der Waals surface area contributed by atoms with Crippen LogP contribution in [0.25, 0.3) is 17.1 Å². The van der Waals surface area contributed by atoms with Gasteiger partial charge in [0.25, 0.3) is 0 Å². The molecule has 0 saturated carbocycles. The normalized spacial score (nSPS) is 12.2. The third-order valence-electron chi connectivity index (χ3n) is 5.78. The summed E-state index contributed by atoms with van der Waals surface area (Å²) < 4.78 is 8.23. The SMILES string of the molecule is Cc1cccc(OCCn2c(C(C)NC(=O)/C=C\c3ccccc3)nc3ccccc32)c1C. The van der Waals surface area contributed by atoms with E-state index in [1.165, 1.54) is 5.56 Å². The average Bonchev–Trinajstić information content (AvgIpc) is 3.20. The molecule has 5 heteroatoms. The number of carbonyl (C=O) groups is 1. The lowest BCUT2D eigenvalue weighted by Crippen LogP contribution is -2.27. The number of nitrogens with zero attached hydrogens (tertiary/aromatic N) is 2. The lowest BCUT2D eigenvalue weighted by molar-refractivity contribution is -0.117. The van der Waals surface area contributed by atoms with Gasteiger partial charge in [0.05, 0.1) is 23.6 Å². The summed E-state index contributed by atoms with van der Waals surface area (Å²) in [5.41, 5.74) is 5.27. The van der Waals surface area contributed by atoms with Crippen molar-refractivity contribution >= 4 is 23.0 Å². The summed E-state index contributed by atoms with van der Waals surface area (Å²) >= 11 is 0. The molecule has 4 rings (SSSR count). The monoisotopic (exact) mass is 439 g/mol. The first kappa shape index (κ1) is 22.3. The van der Waals surface area contributed by atoms with Crippen LogP contribution in [0.1, 0.15) is 35.5 Å². The summed E-state index contributed by atoms with van der Waals surface area (Å²) in [6.07, 6.45) is 3.37. The van der Waals surface area contributed by atoms with Gasteiger partial charge >= 0.3 is 0 Å². The van der Waals surface area contributed by atoms with Gasteiger partial charge in [0.1, 0.15) is 18.2 Å². The van der Waals surface area contributed by atoms with Crippen LogP contribution in [-0.4, -0.2) is 22.1 Å². The van der Waals surface area contributed by atoms with Crippen LogP contribution < -0.4 is 10.1 Å². The molecule has 1 unspecified atom stereocenters. The van der Waals surface area contributed by atoms with Crippen LogP contribution in [-0.2, 0) is 11.3 Å². The Morgan fingerprint density at radius 2 is 1.79 bits per heavy atom. The Labute approximate surface area is 194 Å². The molecule has 1 N–H and O–H groups in total. The largest absolute Gasteiger partial charge is 0.491 e. The van der Waals surface area contributed by atoms with Gasteiger partial charge in [0.15, 0.2) is 0 Å². The van der Waals surface area contributed by atoms with Gasteiger partial charge < -0.3 is 14.6 Å². The predicted molar refractivity (Wildman–Crippen MR) is 133 cm³/mol. The number of nitrogens with one attached hydrogen (secondary N) is 1. The number of carbonyl (C=O) groups excluding carboxylic acids is 1. The van der Waals surface area contributed by atoms with Crippen molar-refractivity contribution in [1.82, 2.24) is 14.9 Å². The molecule has 168 valence electrons. The van der Waals surface area contributed by atoms with Crippen molar-refractivity contribution < 1.29 is 9.53 Å². The van der Waals surface area contributed by atoms with Crippen LogP contribution in [0.2, 0.25) is 0 Å². The molecule has 0 aliphatic heterocycles. The molecule has 0 aliphatic rings. The van der Waals surface area contributed by atoms with E-state index < -0.39 is 0 Å². The summed E-state index contributed by atoms with van der Waals surface area (Å²) in [6.45, 7) is 7.25. The number of amides is 1. The molecule has 0 aliphatic carbocycles. The second kappa shape index (κ2) is 10.2. The maximum absolute atomic E-state index is 12.5. The van der Waals surface area contributed by atoms with Gasteiger partial charge in [-0.25, -0.2) is 4.98 Å². The first-order valence-electron chi connectivity index (χ1n) is 11.2. The molecule has 4 aromatic rings. The Morgan fingerprint density at radius 3 is 2.61 bits per heavy atom. The van der Waals surface area contributed by atoms with Gasteiger partial charge in [-0.15, -0.1) is 0 Å². The third kappa shape index (κ3) is 5.32. The first-order chi connectivity index (χ1) is 16.0. The van der Waals surface area contributed by atoms with Crippen LogP contribution in [0.15, 0.2) is 78.9 Å². The molecule has 1 heterocycles. The molecule has 1 amide bonds. The minimum atomic E-state index is -0.258. The summed E-state index contributed by atoms with van der Waals surface area (Å²) in [4.78, 5) is 17.3. The van der Waals surface area contributed by atoms with E-state index in [0.717, 1.165) is 33.7 Å². The molecule has 0 bridgehead atoms. The van der Waals surface area contributed by atoms with Crippen molar-refractivity contribution in [2.24, 2.45) is 0 Å². The van der Waals surface area contributed by atoms with Crippen LogP contribution >= 0.6 is 0 Å². The van der Waals surface area contributed by atoms with Crippen molar-refractivity contribution in [1.29, 1.82) is 0 Å². The van der Waals surface area contributed by atoms with E-state index in [9.17, 15) is 4.79 Å².